The highest BCUT2D eigenvalue weighted by molar-refractivity contribution is 6.02. The number of hydrogen-bond acceptors (Lipinski definition) is 2. The average molecular weight is 623 g/mol. The Morgan fingerprint density at radius 3 is 2.11 bits per heavy atom. The van der Waals surface area contributed by atoms with Crippen molar-refractivity contribution in [2.75, 3.05) is 0 Å². The summed E-state index contributed by atoms with van der Waals surface area (Å²) >= 11 is 0. The molecule has 0 aromatic carbocycles. The summed E-state index contributed by atoms with van der Waals surface area (Å²) in [5, 5.41) is 12.9. The van der Waals surface area contributed by atoms with Crippen molar-refractivity contribution in [2.45, 2.75) is 154 Å². The maximum Gasteiger partial charge on any atom is 0.165 e. The van der Waals surface area contributed by atoms with Gasteiger partial charge in [-0.05, 0) is 145 Å². The predicted octanol–water partition coefficient (Wildman–Crippen LogP) is 11.3. The Morgan fingerprint density at radius 2 is 1.56 bits per heavy atom. The summed E-state index contributed by atoms with van der Waals surface area (Å²) in [4.78, 5) is 14.9. The molecule has 0 heterocycles. The summed E-state index contributed by atoms with van der Waals surface area (Å²) in [6.45, 7) is 33.7. The fourth-order valence-electron chi connectivity index (χ4n) is 15.0. The van der Waals surface area contributed by atoms with Gasteiger partial charge in [0, 0.05) is 5.41 Å². The van der Waals surface area contributed by atoms with E-state index in [4.69, 9.17) is 0 Å². The zero-order valence-electron chi connectivity index (χ0n) is 32.2. The third-order valence-electron chi connectivity index (χ3n) is 16.3. The molecule has 0 aromatic heterocycles. The third kappa shape index (κ3) is 5.39. The lowest BCUT2D eigenvalue weighted by molar-refractivity contribution is -0.247. The van der Waals surface area contributed by atoms with Crippen LogP contribution in [0.1, 0.15) is 148 Å². The summed E-state index contributed by atoms with van der Waals surface area (Å²) in [5.74, 6) is 8.05. The number of carbonyl (C=O) groups excluding carboxylic acids is 1. The molecule has 5 aliphatic carbocycles. The number of hydrogen-bond donors (Lipinski definition) is 1. The summed E-state index contributed by atoms with van der Waals surface area (Å²) in [6.07, 6.45) is 10.4. The minimum Gasteiger partial charge on any atom is -0.392 e. The molecule has 0 spiro atoms. The fourth-order valence-corrected chi connectivity index (χ4v) is 15.0. The molecule has 15 atom stereocenters. The smallest absolute Gasteiger partial charge is 0.165 e. The molecule has 0 aromatic rings. The van der Waals surface area contributed by atoms with Gasteiger partial charge in [0.15, 0.2) is 5.78 Å². The number of aliphatic hydroxyl groups is 1. The second-order valence-corrected chi connectivity index (χ2v) is 20.1. The Balaban J connectivity index is 1.56. The maximum atomic E-state index is 14.9. The van der Waals surface area contributed by atoms with E-state index in [-0.39, 0.29) is 34.7 Å². The molecule has 2 heteroatoms. The van der Waals surface area contributed by atoms with Crippen LogP contribution in [0.3, 0.4) is 0 Å². The van der Waals surface area contributed by atoms with Crippen molar-refractivity contribution < 1.29 is 9.90 Å². The minimum absolute atomic E-state index is 0.0524. The second kappa shape index (κ2) is 12.4. The second-order valence-electron chi connectivity index (χ2n) is 20.1. The van der Waals surface area contributed by atoms with E-state index in [0.717, 1.165) is 35.7 Å². The first-order chi connectivity index (χ1) is 20.8. The van der Waals surface area contributed by atoms with Gasteiger partial charge in [-0.25, -0.2) is 0 Å². The molecule has 0 radical (unpaired) electrons. The van der Waals surface area contributed by atoms with Crippen LogP contribution in [-0.4, -0.2) is 17.0 Å². The maximum absolute atomic E-state index is 14.9. The van der Waals surface area contributed by atoms with Gasteiger partial charge in [0.1, 0.15) is 0 Å². The number of aliphatic hydroxyl groups excluding tert-OH is 1. The fraction of sp³-hybridized carbons (Fsp3) is 0.930. The SMILES string of the molecule is CC(C)=C1C(=O)C2(C)C(C)C3C(O)C4C(C)C(C5CCCC(CC(C)C)C5)CC(C(C)C)C4CC3(C)CC2(C)C(C(C)C)C1C. The van der Waals surface area contributed by atoms with Gasteiger partial charge < -0.3 is 5.11 Å². The van der Waals surface area contributed by atoms with Crippen molar-refractivity contribution in [2.24, 2.45) is 99.1 Å². The lowest BCUT2D eigenvalue weighted by atomic mass is 9.32. The standard InChI is InChI=1S/C43H74O2/c1-23(2)18-30-16-15-17-31(19-30)33-20-32(24(3)4)34-21-41(12)22-42(13)37(26(7)8)28(10)35(25(5)6)40(45)43(42,14)29(11)38(41)39(44)36(34)27(33)9/h23-24,26-34,36-39,44H,15-22H2,1-14H3. The molecule has 5 fully saturated rings. The monoisotopic (exact) mass is 623 g/mol. The largest absolute Gasteiger partial charge is 0.392 e. The zero-order valence-corrected chi connectivity index (χ0v) is 32.2. The Hall–Kier alpha value is -0.630. The van der Waals surface area contributed by atoms with E-state index in [0.29, 0.717) is 47.2 Å². The molecule has 45 heavy (non-hydrogen) atoms. The summed E-state index contributed by atoms with van der Waals surface area (Å²) < 4.78 is 0. The lowest BCUT2D eigenvalue weighted by Crippen LogP contribution is -2.71. The Morgan fingerprint density at radius 1 is 0.911 bits per heavy atom. The van der Waals surface area contributed by atoms with E-state index in [2.05, 4.69) is 96.9 Å². The van der Waals surface area contributed by atoms with Crippen LogP contribution in [0, 0.1) is 99.1 Å². The topological polar surface area (TPSA) is 37.3 Å². The highest BCUT2D eigenvalue weighted by Gasteiger charge is 2.72. The molecule has 0 amide bonds. The molecular formula is C43H74O2. The highest BCUT2D eigenvalue weighted by Crippen LogP contribution is 2.74. The van der Waals surface area contributed by atoms with Gasteiger partial charge in [-0.1, -0.05) is 108 Å². The van der Waals surface area contributed by atoms with Gasteiger partial charge in [-0.2, -0.15) is 0 Å². The molecule has 1 N–H and O–H groups in total. The van der Waals surface area contributed by atoms with Crippen LogP contribution in [0.2, 0.25) is 0 Å². The summed E-state index contributed by atoms with van der Waals surface area (Å²) in [7, 11) is 0. The number of ketones is 1. The van der Waals surface area contributed by atoms with Gasteiger partial charge in [0.05, 0.1) is 6.10 Å². The number of allylic oxidation sites excluding steroid dienone is 2. The Kier molecular flexibility index (Phi) is 9.80. The van der Waals surface area contributed by atoms with Crippen molar-refractivity contribution in [1.29, 1.82) is 0 Å². The van der Waals surface area contributed by atoms with Crippen LogP contribution >= 0.6 is 0 Å². The van der Waals surface area contributed by atoms with E-state index < -0.39 is 5.41 Å². The van der Waals surface area contributed by atoms with Gasteiger partial charge in [-0.15, -0.1) is 0 Å². The van der Waals surface area contributed by atoms with Crippen LogP contribution in [0.15, 0.2) is 11.1 Å². The summed E-state index contributed by atoms with van der Waals surface area (Å²) in [5.41, 5.74) is 1.82. The van der Waals surface area contributed by atoms with Crippen molar-refractivity contribution in [3.8, 4) is 0 Å². The number of Topliss-reactive ketones (excluding diaryl/α,β-unsaturated/α-hetero) is 1. The van der Waals surface area contributed by atoms with Gasteiger partial charge in [0.25, 0.3) is 0 Å². The zero-order chi connectivity index (χ0) is 33.5. The molecule has 5 aliphatic rings. The van der Waals surface area contributed by atoms with Gasteiger partial charge in [-0.3, -0.25) is 4.79 Å². The minimum atomic E-state index is -0.457. The number of fused-ring (bicyclic) bond motifs is 3. The van der Waals surface area contributed by atoms with E-state index in [1.165, 1.54) is 50.5 Å². The molecular weight excluding hydrogens is 548 g/mol. The molecule has 15 unspecified atom stereocenters. The Labute approximate surface area is 279 Å². The van der Waals surface area contributed by atoms with E-state index in [1.807, 2.05) is 0 Å². The molecule has 0 saturated heterocycles. The van der Waals surface area contributed by atoms with E-state index in [9.17, 15) is 9.90 Å². The first-order valence-electron chi connectivity index (χ1n) is 19.7. The van der Waals surface area contributed by atoms with E-state index in [1.54, 1.807) is 0 Å². The van der Waals surface area contributed by atoms with Gasteiger partial charge >= 0.3 is 0 Å². The van der Waals surface area contributed by atoms with Crippen molar-refractivity contribution in [3.63, 3.8) is 0 Å². The lowest BCUT2D eigenvalue weighted by Gasteiger charge is -2.72. The number of rotatable bonds is 5. The third-order valence-corrected chi connectivity index (χ3v) is 16.3. The molecule has 5 saturated carbocycles. The molecule has 5 rings (SSSR count). The normalized spacial score (nSPS) is 50.4. The predicted molar refractivity (Wildman–Crippen MR) is 191 cm³/mol. The molecule has 0 bridgehead atoms. The van der Waals surface area contributed by atoms with Crippen LogP contribution in [0.5, 0.6) is 0 Å². The van der Waals surface area contributed by atoms with Crippen molar-refractivity contribution in [3.05, 3.63) is 11.1 Å². The van der Waals surface area contributed by atoms with Crippen molar-refractivity contribution in [1.82, 2.24) is 0 Å². The highest BCUT2D eigenvalue weighted by atomic mass is 16.3. The molecule has 0 aliphatic heterocycles. The van der Waals surface area contributed by atoms with Crippen LogP contribution in [-0.2, 0) is 4.79 Å². The Bertz CT molecular complexity index is 1130. The quantitative estimate of drug-likeness (QED) is 0.310. The molecule has 258 valence electrons. The van der Waals surface area contributed by atoms with Crippen LogP contribution in [0.25, 0.3) is 0 Å². The van der Waals surface area contributed by atoms with Crippen molar-refractivity contribution >= 4 is 5.78 Å². The van der Waals surface area contributed by atoms with Gasteiger partial charge in [0.2, 0.25) is 0 Å². The first kappa shape index (κ1) is 35.7. The number of carbonyl (C=O) groups is 1. The molecule has 2 nitrogen and oxygen atoms in total. The van der Waals surface area contributed by atoms with E-state index >= 15 is 0 Å². The summed E-state index contributed by atoms with van der Waals surface area (Å²) in [6, 6.07) is 0. The average Bonchev–Trinajstić information content (AvgIpc) is 2.90. The first-order valence-corrected chi connectivity index (χ1v) is 19.7. The van der Waals surface area contributed by atoms with Crippen LogP contribution < -0.4 is 0 Å². The van der Waals surface area contributed by atoms with Crippen LogP contribution in [0.4, 0.5) is 0 Å².